The van der Waals surface area contributed by atoms with E-state index in [0.717, 1.165) is 0 Å². The van der Waals surface area contributed by atoms with Crippen LogP contribution in [0.1, 0.15) is 18.1 Å². The van der Waals surface area contributed by atoms with Crippen molar-refractivity contribution in [2.24, 2.45) is 0 Å². The summed E-state index contributed by atoms with van der Waals surface area (Å²) in [6, 6.07) is 8.81. The molecule has 1 atom stereocenters. The molecule has 0 unspecified atom stereocenters. The van der Waals surface area contributed by atoms with Gasteiger partial charge in [-0.2, -0.15) is 5.26 Å². The van der Waals surface area contributed by atoms with Gasteiger partial charge in [0.2, 0.25) is 0 Å². The van der Waals surface area contributed by atoms with Crippen molar-refractivity contribution in [3.05, 3.63) is 29.8 Å². The third kappa shape index (κ3) is 1.97. The first-order valence-electron chi connectivity index (χ1n) is 3.64. The Bertz CT molecular complexity index is 304. The number of rotatable bonds is 2. The van der Waals surface area contributed by atoms with E-state index in [9.17, 15) is 5.11 Å². The molecular weight excluding hydrogens is 152 g/mol. The average molecular weight is 162 g/mol. The van der Waals surface area contributed by atoms with Crippen LogP contribution in [0.15, 0.2) is 24.3 Å². The van der Waals surface area contributed by atoms with Gasteiger partial charge in [-0.3, -0.25) is 0 Å². The van der Waals surface area contributed by atoms with E-state index in [1.807, 2.05) is 6.07 Å². The summed E-state index contributed by atoms with van der Waals surface area (Å²) in [4.78, 5) is 0. The highest BCUT2D eigenvalue weighted by atomic mass is 16.3. The molecule has 0 amide bonds. The highest BCUT2D eigenvalue weighted by molar-refractivity contribution is 5.41. The first kappa shape index (κ1) is 8.57. The van der Waals surface area contributed by atoms with Gasteiger partial charge in [0.25, 0.3) is 0 Å². The number of nitrogens with zero attached hydrogens (tertiary/aromatic N) is 1. The van der Waals surface area contributed by atoms with Crippen molar-refractivity contribution in [1.82, 2.24) is 0 Å². The smallest absolute Gasteiger partial charge is 0.0920 e. The van der Waals surface area contributed by atoms with Gasteiger partial charge in [-0.1, -0.05) is 12.1 Å². The normalized spacial score (nSPS) is 12.0. The molecule has 0 heterocycles. The largest absolute Gasteiger partial charge is 0.399 e. The highest BCUT2D eigenvalue weighted by Crippen LogP contribution is 2.17. The van der Waals surface area contributed by atoms with Crippen molar-refractivity contribution in [1.29, 1.82) is 5.26 Å². The molecule has 3 heteroatoms. The number of anilines is 1. The number of aliphatic hydroxyl groups is 1. The number of hydrogen-bond donors (Lipinski definition) is 2. The molecule has 1 aromatic carbocycles. The zero-order chi connectivity index (χ0) is 8.97. The number of nitriles is 1. The second-order valence-electron chi connectivity index (χ2n) is 2.55. The molecule has 3 nitrogen and oxygen atoms in total. The Morgan fingerprint density at radius 3 is 2.92 bits per heavy atom. The van der Waals surface area contributed by atoms with Crippen molar-refractivity contribution >= 4 is 5.69 Å². The Kier molecular flexibility index (Phi) is 2.67. The number of nitrogen functional groups attached to an aromatic ring is 1. The van der Waals surface area contributed by atoms with Gasteiger partial charge in [-0.05, 0) is 17.7 Å². The van der Waals surface area contributed by atoms with Crippen LogP contribution in [0.4, 0.5) is 5.69 Å². The average Bonchev–Trinajstić information content (AvgIpc) is 2.05. The van der Waals surface area contributed by atoms with Crippen LogP contribution in [-0.2, 0) is 0 Å². The van der Waals surface area contributed by atoms with Crippen LogP contribution in [0.3, 0.4) is 0 Å². The number of benzene rings is 1. The van der Waals surface area contributed by atoms with Gasteiger partial charge >= 0.3 is 0 Å². The summed E-state index contributed by atoms with van der Waals surface area (Å²) in [7, 11) is 0. The molecule has 0 aliphatic carbocycles. The summed E-state index contributed by atoms with van der Waals surface area (Å²) in [6.07, 6.45) is -0.623. The fourth-order valence-electron chi connectivity index (χ4n) is 0.971. The zero-order valence-electron chi connectivity index (χ0n) is 6.57. The second kappa shape index (κ2) is 3.74. The van der Waals surface area contributed by atoms with Crippen LogP contribution in [-0.4, -0.2) is 5.11 Å². The van der Waals surface area contributed by atoms with Crippen molar-refractivity contribution < 1.29 is 5.11 Å². The van der Waals surface area contributed by atoms with Crippen LogP contribution in [0.25, 0.3) is 0 Å². The van der Waals surface area contributed by atoms with Gasteiger partial charge in [-0.15, -0.1) is 0 Å². The molecule has 0 fully saturated rings. The Balaban J connectivity index is 2.82. The molecule has 0 saturated carbocycles. The van der Waals surface area contributed by atoms with E-state index >= 15 is 0 Å². The third-order valence-electron chi connectivity index (χ3n) is 1.58. The summed E-state index contributed by atoms with van der Waals surface area (Å²) >= 11 is 0. The van der Waals surface area contributed by atoms with Crippen molar-refractivity contribution in [2.75, 3.05) is 5.73 Å². The SMILES string of the molecule is N#CC[C@@H](O)c1cccc(N)c1. The number of aliphatic hydroxyl groups excluding tert-OH is 1. The Labute approximate surface area is 71.1 Å². The fraction of sp³-hybridized carbons (Fsp3) is 0.222. The molecule has 0 aliphatic heterocycles. The minimum absolute atomic E-state index is 0.101. The van der Waals surface area contributed by atoms with Gasteiger partial charge in [0.15, 0.2) is 0 Å². The standard InChI is InChI=1S/C9H10N2O/c10-5-4-9(12)7-2-1-3-8(11)6-7/h1-3,6,9,12H,4,11H2/t9-/m1/s1. The van der Waals surface area contributed by atoms with E-state index in [1.54, 1.807) is 24.3 Å². The Morgan fingerprint density at radius 2 is 2.33 bits per heavy atom. The molecule has 12 heavy (non-hydrogen) atoms. The van der Waals surface area contributed by atoms with E-state index in [2.05, 4.69) is 0 Å². The van der Waals surface area contributed by atoms with E-state index in [4.69, 9.17) is 11.0 Å². The summed E-state index contributed by atoms with van der Waals surface area (Å²) < 4.78 is 0. The molecule has 0 radical (unpaired) electrons. The van der Waals surface area contributed by atoms with Gasteiger partial charge in [0.05, 0.1) is 18.6 Å². The van der Waals surface area contributed by atoms with Gasteiger partial charge < -0.3 is 10.8 Å². The minimum atomic E-state index is -0.724. The summed E-state index contributed by atoms with van der Waals surface area (Å²) in [5.41, 5.74) is 6.79. The minimum Gasteiger partial charge on any atom is -0.399 e. The summed E-state index contributed by atoms with van der Waals surface area (Å²) in [6.45, 7) is 0. The zero-order valence-corrected chi connectivity index (χ0v) is 6.57. The second-order valence-corrected chi connectivity index (χ2v) is 2.55. The molecule has 0 bridgehead atoms. The van der Waals surface area contributed by atoms with E-state index in [1.165, 1.54) is 0 Å². The Hall–Kier alpha value is -1.53. The summed E-state index contributed by atoms with van der Waals surface area (Å²) in [5, 5.41) is 17.7. The predicted octanol–water partition coefficient (Wildman–Crippen LogP) is 1.22. The maximum Gasteiger partial charge on any atom is 0.0920 e. The maximum absolute atomic E-state index is 9.37. The lowest BCUT2D eigenvalue weighted by Crippen LogP contribution is -1.96. The van der Waals surface area contributed by atoms with E-state index in [0.29, 0.717) is 11.3 Å². The number of nitrogens with two attached hydrogens (primary N) is 1. The van der Waals surface area contributed by atoms with Gasteiger partial charge in [0, 0.05) is 5.69 Å². The Morgan fingerprint density at radius 1 is 1.58 bits per heavy atom. The molecule has 0 aromatic heterocycles. The first-order chi connectivity index (χ1) is 5.74. The van der Waals surface area contributed by atoms with E-state index in [-0.39, 0.29) is 6.42 Å². The molecule has 1 rings (SSSR count). The predicted molar refractivity (Wildman–Crippen MR) is 46.0 cm³/mol. The fourth-order valence-corrected chi connectivity index (χ4v) is 0.971. The van der Waals surface area contributed by atoms with Gasteiger partial charge in [0.1, 0.15) is 0 Å². The van der Waals surface area contributed by atoms with Crippen molar-refractivity contribution in [2.45, 2.75) is 12.5 Å². The third-order valence-corrected chi connectivity index (χ3v) is 1.58. The molecule has 0 spiro atoms. The quantitative estimate of drug-likeness (QED) is 0.642. The monoisotopic (exact) mass is 162 g/mol. The number of hydrogen-bond acceptors (Lipinski definition) is 3. The van der Waals surface area contributed by atoms with Crippen molar-refractivity contribution in [3.63, 3.8) is 0 Å². The summed E-state index contributed by atoms with van der Waals surface area (Å²) in [5.74, 6) is 0. The lowest BCUT2D eigenvalue weighted by Gasteiger charge is -2.06. The molecule has 3 N–H and O–H groups in total. The topological polar surface area (TPSA) is 70.0 Å². The van der Waals surface area contributed by atoms with Gasteiger partial charge in [-0.25, -0.2) is 0 Å². The van der Waals surface area contributed by atoms with Crippen LogP contribution >= 0.6 is 0 Å². The van der Waals surface area contributed by atoms with Crippen LogP contribution in [0.2, 0.25) is 0 Å². The highest BCUT2D eigenvalue weighted by Gasteiger charge is 2.05. The van der Waals surface area contributed by atoms with Crippen LogP contribution in [0.5, 0.6) is 0 Å². The molecule has 0 saturated heterocycles. The van der Waals surface area contributed by atoms with E-state index < -0.39 is 6.10 Å². The maximum atomic E-state index is 9.37. The first-order valence-corrected chi connectivity index (χ1v) is 3.64. The van der Waals surface area contributed by atoms with Crippen LogP contribution < -0.4 is 5.73 Å². The molecule has 1 aromatic rings. The van der Waals surface area contributed by atoms with Crippen molar-refractivity contribution in [3.8, 4) is 6.07 Å². The molecule has 62 valence electrons. The lowest BCUT2D eigenvalue weighted by atomic mass is 10.1. The lowest BCUT2D eigenvalue weighted by molar-refractivity contribution is 0.183. The molecule has 0 aliphatic rings. The molecular formula is C9H10N2O. The van der Waals surface area contributed by atoms with Crippen LogP contribution in [0, 0.1) is 11.3 Å².